The molecule has 86 valence electrons. The van der Waals surface area contributed by atoms with Crippen molar-refractivity contribution in [2.75, 3.05) is 7.11 Å². The predicted molar refractivity (Wildman–Crippen MR) is 64.6 cm³/mol. The Morgan fingerprint density at radius 3 is 2.76 bits per heavy atom. The van der Waals surface area contributed by atoms with Crippen molar-refractivity contribution in [3.8, 4) is 23.2 Å². The number of rotatable bonds is 2. The number of benzene rings is 1. The van der Waals surface area contributed by atoms with Crippen LogP contribution in [-0.4, -0.2) is 16.7 Å². The van der Waals surface area contributed by atoms with Gasteiger partial charge in [-0.05, 0) is 19.1 Å². The molecule has 4 nitrogen and oxygen atoms in total. The zero-order valence-electron chi connectivity index (χ0n) is 10.1. The monoisotopic (exact) mass is 227 g/mol. The van der Waals surface area contributed by atoms with Gasteiger partial charge >= 0.3 is 0 Å². The van der Waals surface area contributed by atoms with E-state index in [9.17, 15) is 0 Å². The van der Waals surface area contributed by atoms with Crippen LogP contribution in [0, 0.1) is 18.3 Å². The van der Waals surface area contributed by atoms with E-state index in [1.54, 1.807) is 11.7 Å². The van der Waals surface area contributed by atoms with Crippen molar-refractivity contribution in [2.45, 2.75) is 6.92 Å². The number of nitrogens with zero attached hydrogens (tertiary/aromatic N) is 3. The molecule has 0 spiro atoms. The summed E-state index contributed by atoms with van der Waals surface area (Å²) in [5.41, 5.74) is 2.27. The molecule has 0 bridgehead atoms. The Morgan fingerprint density at radius 1 is 1.41 bits per heavy atom. The molecular formula is C13H13N3O. The van der Waals surface area contributed by atoms with Crippen LogP contribution in [0.2, 0.25) is 0 Å². The minimum Gasteiger partial charge on any atom is -0.497 e. The molecule has 0 atom stereocenters. The van der Waals surface area contributed by atoms with E-state index in [1.165, 1.54) is 0 Å². The second kappa shape index (κ2) is 4.30. The third kappa shape index (κ3) is 1.87. The zero-order chi connectivity index (χ0) is 12.4. The molecule has 0 fully saturated rings. The van der Waals surface area contributed by atoms with Gasteiger partial charge in [-0.25, -0.2) is 4.98 Å². The lowest BCUT2D eigenvalue weighted by molar-refractivity contribution is 0.415. The molecular weight excluding hydrogens is 214 g/mol. The highest BCUT2D eigenvalue weighted by Gasteiger charge is 2.12. The maximum Gasteiger partial charge on any atom is 0.143 e. The van der Waals surface area contributed by atoms with Crippen molar-refractivity contribution < 1.29 is 4.74 Å². The largest absolute Gasteiger partial charge is 0.497 e. The summed E-state index contributed by atoms with van der Waals surface area (Å²) in [6.07, 6.45) is 0. The highest BCUT2D eigenvalue weighted by Crippen LogP contribution is 2.24. The molecule has 4 heteroatoms. The molecule has 1 aromatic heterocycles. The van der Waals surface area contributed by atoms with Crippen LogP contribution in [0.25, 0.3) is 11.4 Å². The van der Waals surface area contributed by atoms with Gasteiger partial charge in [0, 0.05) is 12.6 Å². The first-order chi connectivity index (χ1) is 8.17. The van der Waals surface area contributed by atoms with Gasteiger partial charge in [0.2, 0.25) is 0 Å². The number of imidazole rings is 1. The first-order valence-corrected chi connectivity index (χ1v) is 5.25. The van der Waals surface area contributed by atoms with Crippen LogP contribution < -0.4 is 4.74 Å². The molecule has 0 aliphatic rings. The van der Waals surface area contributed by atoms with Crippen LogP contribution in [-0.2, 0) is 7.05 Å². The summed E-state index contributed by atoms with van der Waals surface area (Å²) in [7, 11) is 3.47. The van der Waals surface area contributed by atoms with Crippen LogP contribution in [0.3, 0.4) is 0 Å². The smallest absolute Gasteiger partial charge is 0.143 e. The lowest BCUT2D eigenvalue weighted by atomic mass is 10.2. The summed E-state index contributed by atoms with van der Waals surface area (Å²) in [6.45, 7) is 1.84. The minimum absolute atomic E-state index is 0.586. The van der Waals surface area contributed by atoms with E-state index in [0.29, 0.717) is 5.69 Å². The van der Waals surface area contributed by atoms with Crippen LogP contribution in [0.1, 0.15) is 11.4 Å². The number of aromatic nitrogens is 2. The molecule has 0 saturated heterocycles. The highest BCUT2D eigenvalue weighted by molar-refractivity contribution is 5.60. The summed E-state index contributed by atoms with van der Waals surface area (Å²) in [5.74, 6) is 1.56. The number of aryl methyl sites for hydroxylation is 1. The van der Waals surface area contributed by atoms with Crippen molar-refractivity contribution in [1.29, 1.82) is 5.26 Å². The van der Waals surface area contributed by atoms with Crippen molar-refractivity contribution in [3.63, 3.8) is 0 Å². The number of nitriles is 1. The van der Waals surface area contributed by atoms with Crippen molar-refractivity contribution in [2.24, 2.45) is 7.05 Å². The first-order valence-electron chi connectivity index (χ1n) is 5.25. The van der Waals surface area contributed by atoms with Crippen LogP contribution in [0.5, 0.6) is 5.75 Å². The van der Waals surface area contributed by atoms with Crippen LogP contribution >= 0.6 is 0 Å². The first kappa shape index (κ1) is 11.2. The lowest BCUT2D eigenvalue weighted by Gasteiger charge is -2.04. The van der Waals surface area contributed by atoms with E-state index in [2.05, 4.69) is 11.1 Å². The Kier molecular flexibility index (Phi) is 2.84. The Hall–Kier alpha value is -2.28. The number of hydrogen-bond donors (Lipinski definition) is 0. The van der Waals surface area contributed by atoms with Gasteiger partial charge in [0.15, 0.2) is 0 Å². The van der Waals surface area contributed by atoms with Crippen LogP contribution in [0.4, 0.5) is 0 Å². The Labute approximate surface area is 100 Å². The fourth-order valence-corrected chi connectivity index (χ4v) is 1.81. The molecule has 0 aliphatic heterocycles. The quantitative estimate of drug-likeness (QED) is 0.790. The van der Waals surface area contributed by atoms with Gasteiger partial charge in [0.25, 0.3) is 0 Å². The van der Waals surface area contributed by atoms with Gasteiger partial charge in [0.05, 0.1) is 12.8 Å². The van der Waals surface area contributed by atoms with Crippen molar-refractivity contribution in [1.82, 2.24) is 9.55 Å². The fraction of sp³-hybridized carbons (Fsp3) is 0.231. The molecule has 0 aliphatic carbocycles. The van der Waals surface area contributed by atoms with E-state index >= 15 is 0 Å². The standard InChI is InChI=1S/C13H13N3O/c1-9-12(8-14)16(2)13(15-9)10-5-4-6-11(7-10)17-3/h4-7H,1-3H3. The van der Waals surface area contributed by atoms with E-state index in [4.69, 9.17) is 10.00 Å². The van der Waals surface area contributed by atoms with Gasteiger partial charge in [-0.1, -0.05) is 12.1 Å². The highest BCUT2D eigenvalue weighted by atomic mass is 16.5. The van der Waals surface area contributed by atoms with Gasteiger partial charge in [-0.3, -0.25) is 0 Å². The topological polar surface area (TPSA) is 50.8 Å². The maximum absolute atomic E-state index is 9.02. The van der Waals surface area contributed by atoms with E-state index in [0.717, 1.165) is 22.8 Å². The SMILES string of the molecule is COc1cccc(-c2nc(C)c(C#N)n2C)c1. The zero-order valence-corrected chi connectivity index (χ0v) is 10.1. The average molecular weight is 227 g/mol. The molecule has 2 aromatic rings. The minimum atomic E-state index is 0.586. The Morgan fingerprint density at radius 2 is 2.18 bits per heavy atom. The summed E-state index contributed by atoms with van der Waals surface area (Å²) < 4.78 is 6.97. The number of ether oxygens (including phenoxy) is 1. The van der Waals surface area contributed by atoms with Gasteiger partial charge < -0.3 is 9.30 Å². The normalized spacial score (nSPS) is 10.0. The average Bonchev–Trinajstić information content (AvgIpc) is 2.64. The summed E-state index contributed by atoms with van der Waals surface area (Å²) in [5, 5.41) is 9.02. The molecule has 1 heterocycles. The van der Waals surface area contributed by atoms with Crippen molar-refractivity contribution >= 4 is 0 Å². The molecule has 0 N–H and O–H groups in total. The third-order valence-electron chi connectivity index (χ3n) is 2.70. The molecule has 0 radical (unpaired) electrons. The summed E-state index contributed by atoms with van der Waals surface area (Å²) in [4.78, 5) is 4.41. The predicted octanol–water partition coefficient (Wildman–Crippen LogP) is 2.28. The maximum atomic E-state index is 9.02. The molecule has 0 amide bonds. The second-order valence-electron chi connectivity index (χ2n) is 3.77. The van der Waals surface area contributed by atoms with Gasteiger partial charge in [0.1, 0.15) is 23.3 Å². The summed E-state index contributed by atoms with van der Waals surface area (Å²) in [6, 6.07) is 9.79. The Bertz CT molecular complexity index is 593. The lowest BCUT2D eigenvalue weighted by Crippen LogP contribution is -1.96. The molecule has 0 unspecified atom stereocenters. The van der Waals surface area contributed by atoms with Gasteiger partial charge in [-0.2, -0.15) is 5.26 Å². The number of methoxy groups -OCH3 is 1. The fourth-order valence-electron chi connectivity index (χ4n) is 1.81. The van der Waals surface area contributed by atoms with Gasteiger partial charge in [-0.15, -0.1) is 0 Å². The third-order valence-corrected chi connectivity index (χ3v) is 2.70. The molecule has 17 heavy (non-hydrogen) atoms. The molecule has 0 saturated carbocycles. The van der Waals surface area contributed by atoms with E-state index < -0.39 is 0 Å². The van der Waals surface area contributed by atoms with E-state index in [1.807, 2.05) is 38.2 Å². The molecule has 1 aromatic carbocycles. The van der Waals surface area contributed by atoms with E-state index in [-0.39, 0.29) is 0 Å². The number of hydrogen-bond acceptors (Lipinski definition) is 3. The summed E-state index contributed by atoms with van der Waals surface area (Å²) >= 11 is 0. The van der Waals surface area contributed by atoms with Crippen LogP contribution in [0.15, 0.2) is 24.3 Å². The van der Waals surface area contributed by atoms with Crippen molar-refractivity contribution in [3.05, 3.63) is 35.7 Å². The molecule has 2 rings (SSSR count). The Balaban J connectivity index is 2.57. The second-order valence-corrected chi connectivity index (χ2v) is 3.77.